The molecule has 7 heteroatoms. The normalized spacial score (nSPS) is 13.4. The van der Waals surface area contributed by atoms with Gasteiger partial charge in [0.2, 0.25) is 0 Å². The summed E-state index contributed by atoms with van der Waals surface area (Å²) in [6.45, 7) is 9.71. The summed E-state index contributed by atoms with van der Waals surface area (Å²) >= 11 is 0. The van der Waals surface area contributed by atoms with Crippen LogP contribution in [0, 0.1) is 5.92 Å². The fraction of sp³-hybridized carbons (Fsp3) is 0.714. The van der Waals surface area contributed by atoms with Crippen molar-refractivity contribution in [2.75, 3.05) is 13.2 Å². The van der Waals surface area contributed by atoms with E-state index in [0.717, 1.165) is 0 Å². The summed E-state index contributed by atoms with van der Waals surface area (Å²) in [5.41, 5.74) is 0. The van der Waals surface area contributed by atoms with Crippen molar-refractivity contribution in [3.05, 3.63) is 12.3 Å². The van der Waals surface area contributed by atoms with Crippen molar-refractivity contribution >= 4 is 5.97 Å². The van der Waals surface area contributed by atoms with E-state index in [0.29, 0.717) is 13.2 Å². The first-order valence-electron chi connectivity index (χ1n) is 7.00. The Morgan fingerprint density at radius 2 is 1.95 bits per heavy atom. The van der Waals surface area contributed by atoms with Gasteiger partial charge in [0.05, 0.1) is 6.20 Å². The molecule has 0 amide bonds. The zero-order valence-corrected chi connectivity index (χ0v) is 13.1. The number of nitrogens with zero attached hydrogens (tertiary/aromatic N) is 1. The summed E-state index contributed by atoms with van der Waals surface area (Å²) in [6.07, 6.45) is 0.524. The molecule has 1 aromatic rings. The molecular weight excluding hydrogens is 278 g/mol. The summed E-state index contributed by atoms with van der Waals surface area (Å²) in [4.78, 5) is 12.2. The molecule has 0 aliphatic heterocycles. The Bertz CT molecular complexity index is 411. The van der Waals surface area contributed by atoms with Gasteiger partial charge < -0.3 is 23.5 Å². The van der Waals surface area contributed by atoms with E-state index >= 15 is 0 Å². The summed E-state index contributed by atoms with van der Waals surface area (Å²) in [7, 11) is 0. The largest absolute Gasteiger partial charge is 0.389 e. The number of esters is 1. The Kier molecular flexibility index (Phi) is 6.80. The number of ether oxygens (including phenoxy) is 4. The van der Waals surface area contributed by atoms with Crippen LogP contribution in [0.1, 0.15) is 34.6 Å². The summed E-state index contributed by atoms with van der Waals surface area (Å²) in [5.74, 6) is -2.02. The molecule has 0 N–H and O–H groups in total. The van der Waals surface area contributed by atoms with Gasteiger partial charge in [0.1, 0.15) is 0 Å². The summed E-state index contributed by atoms with van der Waals surface area (Å²) < 4.78 is 26.4. The van der Waals surface area contributed by atoms with Gasteiger partial charge in [0.15, 0.2) is 6.10 Å². The van der Waals surface area contributed by atoms with Gasteiger partial charge in [0, 0.05) is 26.2 Å². The molecule has 0 aliphatic rings. The minimum atomic E-state index is -1.31. The van der Waals surface area contributed by atoms with Gasteiger partial charge in [-0.15, -0.1) is 0 Å². The molecule has 1 rings (SSSR count). The number of aromatic nitrogens is 1. The first-order chi connectivity index (χ1) is 9.91. The van der Waals surface area contributed by atoms with Crippen LogP contribution in [0.4, 0.5) is 0 Å². The lowest BCUT2D eigenvalue weighted by molar-refractivity contribution is -0.381. The van der Waals surface area contributed by atoms with Crippen molar-refractivity contribution in [1.82, 2.24) is 5.16 Å². The van der Waals surface area contributed by atoms with Crippen LogP contribution in [0.15, 0.2) is 16.8 Å². The van der Waals surface area contributed by atoms with Gasteiger partial charge in [-0.1, -0.05) is 19.0 Å². The maximum absolute atomic E-state index is 12.2. The number of hydrogen-bond donors (Lipinski definition) is 0. The molecule has 0 bridgehead atoms. The molecular formula is C14H23NO6. The SMILES string of the molecule is CCOC(C)(OCC)OC(C(=O)Oc1ccno1)C(C)C. The molecule has 1 atom stereocenters. The standard InChI is InChI=1S/C14H23NO6/c1-6-17-14(5,18-7-2)20-12(10(3)4)13(16)19-11-8-9-15-21-11/h8-10,12H,6-7H2,1-5H3. The highest BCUT2D eigenvalue weighted by Gasteiger charge is 2.36. The topological polar surface area (TPSA) is 80.0 Å². The highest BCUT2D eigenvalue weighted by molar-refractivity contribution is 5.77. The first-order valence-corrected chi connectivity index (χ1v) is 7.00. The molecule has 0 saturated carbocycles. The zero-order chi connectivity index (χ0) is 15.9. The second kappa shape index (κ2) is 8.11. The van der Waals surface area contributed by atoms with Crippen molar-refractivity contribution in [1.29, 1.82) is 0 Å². The van der Waals surface area contributed by atoms with Crippen molar-refractivity contribution in [2.24, 2.45) is 5.92 Å². The molecule has 21 heavy (non-hydrogen) atoms. The third-order valence-corrected chi connectivity index (χ3v) is 2.61. The molecule has 7 nitrogen and oxygen atoms in total. The van der Waals surface area contributed by atoms with Gasteiger partial charge in [-0.2, -0.15) is 0 Å². The van der Waals surface area contributed by atoms with Crippen LogP contribution in [0.3, 0.4) is 0 Å². The highest BCUT2D eigenvalue weighted by atomic mass is 16.9. The van der Waals surface area contributed by atoms with Gasteiger partial charge >= 0.3 is 11.9 Å². The van der Waals surface area contributed by atoms with Gasteiger partial charge in [-0.3, -0.25) is 0 Å². The van der Waals surface area contributed by atoms with Crippen LogP contribution in [0.25, 0.3) is 0 Å². The van der Waals surface area contributed by atoms with E-state index in [1.54, 1.807) is 6.92 Å². The van der Waals surface area contributed by atoms with Crippen LogP contribution in [0.5, 0.6) is 5.95 Å². The quantitative estimate of drug-likeness (QED) is 0.511. The lowest BCUT2D eigenvalue weighted by atomic mass is 10.1. The average molecular weight is 301 g/mol. The van der Waals surface area contributed by atoms with E-state index in [9.17, 15) is 4.79 Å². The Hall–Kier alpha value is -1.44. The third kappa shape index (κ3) is 5.45. The molecule has 120 valence electrons. The maximum atomic E-state index is 12.2. The third-order valence-electron chi connectivity index (χ3n) is 2.61. The van der Waals surface area contributed by atoms with E-state index in [2.05, 4.69) is 5.16 Å². The molecule has 0 fully saturated rings. The number of carbonyl (C=O) groups excluding carboxylic acids is 1. The van der Waals surface area contributed by atoms with E-state index in [4.69, 9.17) is 23.5 Å². The lowest BCUT2D eigenvalue weighted by Crippen LogP contribution is -2.45. The monoisotopic (exact) mass is 301 g/mol. The Labute approximate surface area is 124 Å². The molecule has 0 radical (unpaired) electrons. The summed E-state index contributed by atoms with van der Waals surface area (Å²) in [5, 5.41) is 3.47. The van der Waals surface area contributed by atoms with E-state index in [1.165, 1.54) is 12.3 Å². The van der Waals surface area contributed by atoms with Crippen molar-refractivity contribution in [3.63, 3.8) is 0 Å². The first kappa shape index (κ1) is 17.6. The molecule has 1 heterocycles. The second-order valence-corrected chi connectivity index (χ2v) is 4.76. The van der Waals surface area contributed by atoms with Gasteiger partial charge in [-0.05, 0) is 19.8 Å². The predicted molar refractivity (Wildman–Crippen MR) is 73.5 cm³/mol. The highest BCUT2D eigenvalue weighted by Crippen LogP contribution is 2.22. The lowest BCUT2D eigenvalue weighted by Gasteiger charge is -2.33. The van der Waals surface area contributed by atoms with E-state index in [1.807, 2.05) is 27.7 Å². The van der Waals surface area contributed by atoms with E-state index in [-0.39, 0.29) is 11.9 Å². The summed E-state index contributed by atoms with van der Waals surface area (Å²) in [6, 6.07) is 1.44. The molecule has 0 aromatic carbocycles. The Morgan fingerprint density at radius 3 is 2.38 bits per heavy atom. The van der Waals surface area contributed by atoms with Gasteiger partial charge in [-0.25, -0.2) is 4.79 Å². The predicted octanol–water partition coefficient (Wildman–Crippen LogP) is 2.37. The number of carbonyl (C=O) groups is 1. The molecule has 0 aliphatic carbocycles. The second-order valence-electron chi connectivity index (χ2n) is 4.76. The molecule has 1 unspecified atom stereocenters. The van der Waals surface area contributed by atoms with Crippen LogP contribution in [0.2, 0.25) is 0 Å². The van der Waals surface area contributed by atoms with E-state index < -0.39 is 18.0 Å². The van der Waals surface area contributed by atoms with Crippen LogP contribution < -0.4 is 4.74 Å². The minimum absolute atomic E-state index is 0.0174. The molecule has 1 aromatic heterocycles. The average Bonchev–Trinajstić information content (AvgIpc) is 2.89. The van der Waals surface area contributed by atoms with Crippen LogP contribution >= 0.6 is 0 Å². The smallest absolute Gasteiger partial charge is 0.343 e. The van der Waals surface area contributed by atoms with Crippen molar-refractivity contribution in [3.8, 4) is 5.95 Å². The Morgan fingerprint density at radius 1 is 1.33 bits per heavy atom. The zero-order valence-electron chi connectivity index (χ0n) is 13.1. The van der Waals surface area contributed by atoms with Crippen molar-refractivity contribution < 1.29 is 28.3 Å². The molecule has 0 spiro atoms. The van der Waals surface area contributed by atoms with Crippen LogP contribution in [-0.2, 0) is 19.0 Å². The Balaban J connectivity index is 2.77. The number of rotatable bonds is 9. The minimum Gasteiger partial charge on any atom is -0.389 e. The fourth-order valence-corrected chi connectivity index (χ4v) is 1.74. The van der Waals surface area contributed by atoms with Gasteiger partial charge in [0.25, 0.3) is 5.97 Å². The fourth-order valence-electron chi connectivity index (χ4n) is 1.74. The molecule has 0 saturated heterocycles. The number of hydrogen-bond acceptors (Lipinski definition) is 7. The van der Waals surface area contributed by atoms with Crippen molar-refractivity contribution in [2.45, 2.75) is 46.7 Å². The maximum Gasteiger partial charge on any atom is 0.343 e. The van der Waals surface area contributed by atoms with Crippen LogP contribution in [-0.4, -0.2) is 36.4 Å².